The summed E-state index contributed by atoms with van der Waals surface area (Å²) in [4.78, 5) is 0.338. The van der Waals surface area contributed by atoms with E-state index in [1.165, 1.54) is 5.41 Å². The molecule has 1 rings (SSSR count). The van der Waals surface area contributed by atoms with Gasteiger partial charge in [0.05, 0.1) is 4.90 Å². The number of benzene rings is 1. The van der Waals surface area contributed by atoms with Crippen LogP contribution in [0.25, 0.3) is 0 Å². The molecule has 3 heteroatoms. The topological polar surface area (TPSA) is 34.1 Å². The van der Waals surface area contributed by atoms with Gasteiger partial charge in [-0.15, -0.1) is 0 Å². The first-order valence-electron chi connectivity index (χ1n) is 4.81. The van der Waals surface area contributed by atoms with E-state index >= 15 is 0 Å². The molecule has 0 radical (unpaired) electrons. The summed E-state index contributed by atoms with van der Waals surface area (Å²) in [5.41, 5.74) is -0.123. The van der Waals surface area contributed by atoms with Crippen LogP contribution in [0.4, 0.5) is 0 Å². The molecule has 82 valence electrons. The first-order valence-corrected chi connectivity index (χ1v) is 6.35. The third-order valence-electron chi connectivity index (χ3n) is 1.82. The predicted octanol–water partition coefficient (Wildman–Crippen LogP) is 3.02. The van der Waals surface area contributed by atoms with Crippen molar-refractivity contribution in [3.63, 3.8) is 0 Å². The number of sulfone groups is 1. The molecule has 2 nitrogen and oxygen atoms in total. The lowest BCUT2D eigenvalue weighted by atomic mass is 9.98. The van der Waals surface area contributed by atoms with Gasteiger partial charge in [-0.25, -0.2) is 8.42 Å². The van der Waals surface area contributed by atoms with Gasteiger partial charge in [-0.1, -0.05) is 45.0 Å². The SMILES string of the molecule is CC(C)(C)C=CS(=O)(=O)c1ccccc1. The first kappa shape index (κ1) is 12.0. The van der Waals surface area contributed by atoms with Crippen molar-refractivity contribution in [1.29, 1.82) is 0 Å². The van der Waals surface area contributed by atoms with Crippen LogP contribution in [-0.2, 0) is 9.84 Å². The van der Waals surface area contributed by atoms with Gasteiger partial charge >= 0.3 is 0 Å². The Hall–Kier alpha value is -1.09. The Bertz CT molecular complexity index is 436. The van der Waals surface area contributed by atoms with Crippen molar-refractivity contribution >= 4 is 9.84 Å². The summed E-state index contributed by atoms with van der Waals surface area (Å²) in [7, 11) is -3.27. The molecule has 0 spiro atoms. The smallest absolute Gasteiger partial charge is 0.199 e. The van der Waals surface area contributed by atoms with Gasteiger partial charge in [-0.3, -0.25) is 0 Å². The summed E-state index contributed by atoms with van der Waals surface area (Å²) in [6, 6.07) is 8.44. The van der Waals surface area contributed by atoms with E-state index in [2.05, 4.69) is 0 Å². The summed E-state index contributed by atoms with van der Waals surface area (Å²) in [5.74, 6) is 0. The predicted molar refractivity (Wildman–Crippen MR) is 62.2 cm³/mol. The normalized spacial score (nSPS) is 13.3. The maximum absolute atomic E-state index is 11.8. The Morgan fingerprint density at radius 3 is 2.07 bits per heavy atom. The van der Waals surface area contributed by atoms with Crippen molar-refractivity contribution in [3.8, 4) is 0 Å². The lowest BCUT2D eigenvalue weighted by molar-refractivity contribution is 0.543. The van der Waals surface area contributed by atoms with Crippen LogP contribution in [0, 0.1) is 5.41 Å². The zero-order valence-electron chi connectivity index (χ0n) is 9.27. The number of hydrogen-bond donors (Lipinski definition) is 0. The van der Waals surface area contributed by atoms with Crippen molar-refractivity contribution < 1.29 is 8.42 Å². The van der Waals surface area contributed by atoms with Crippen LogP contribution in [0.3, 0.4) is 0 Å². The molecule has 0 amide bonds. The molecule has 0 aliphatic rings. The molecular formula is C12H16O2S. The van der Waals surface area contributed by atoms with Crippen molar-refractivity contribution in [1.82, 2.24) is 0 Å². The molecule has 0 saturated heterocycles. The minimum Gasteiger partial charge on any atom is -0.219 e. The number of hydrogen-bond acceptors (Lipinski definition) is 2. The molecule has 15 heavy (non-hydrogen) atoms. The Morgan fingerprint density at radius 1 is 1.07 bits per heavy atom. The molecule has 0 atom stereocenters. The second-order valence-corrected chi connectivity index (χ2v) is 6.36. The molecular weight excluding hydrogens is 208 g/mol. The molecule has 1 aromatic rings. The monoisotopic (exact) mass is 224 g/mol. The van der Waals surface area contributed by atoms with E-state index in [4.69, 9.17) is 0 Å². The highest BCUT2D eigenvalue weighted by Crippen LogP contribution is 2.18. The van der Waals surface area contributed by atoms with Crippen LogP contribution in [0.2, 0.25) is 0 Å². The fraction of sp³-hybridized carbons (Fsp3) is 0.333. The Labute approximate surface area is 91.6 Å². The van der Waals surface area contributed by atoms with Crippen LogP contribution in [0.1, 0.15) is 20.8 Å². The molecule has 0 bridgehead atoms. The highest BCUT2D eigenvalue weighted by molar-refractivity contribution is 7.94. The molecule has 0 aliphatic carbocycles. The van der Waals surface area contributed by atoms with Crippen LogP contribution in [-0.4, -0.2) is 8.42 Å². The van der Waals surface area contributed by atoms with Crippen LogP contribution >= 0.6 is 0 Å². The lowest BCUT2D eigenvalue weighted by Gasteiger charge is -2.10. The summed E-state index contributed by atoms with van der Waals surface area (Å²) in [5, 5.41) is 1.28. The molecule has 0 heterocycles. The third kappa shape index (κ3) is 3.88. The van der Waals surface area contributed by atoms with Crippen molar-refractivity contribution in [2.24, 2.45) is 5.41 Å². The zero-order valence-corrected chi connectivity index (χ0v) is 10.1. The molecule has 0 unspecified atom stereocenters. The van der Waals surface area contributed by atoms with Crippen molar-refractivity contribution in [3.05, 3.63) is 41.8 Å². The van der Waals surface area contributed by atoms with Crippen LogP contribution in [0.5, 0.6) is 0 Å². The summed E-state index contributed by atoms with van der Waals surface area (Å²) < 4.78 is 23.6. The second-order valence-electron chi connectivity index (χ2n) is 4.53. The summed E-state index contributed by atoms with van der Waals surface area (Å²) >= 11 is 0. The van der Waals surface area contributed by atoms with Crippen molar-refractivity contribution in [2.45, 2.75) is 25.7 Å². The highest BCUT2D eigenvalue weighted by atomic mass is 32.2. The third-order valence-corrected chi connectivity index (χ3v) is 3.24. The zero-order chi connectivity index (χ0) is 11.5. The Balaban J connectivity index is 3.01. The van der Waals surface area contributed by atoms with E-state index in [9.17, 15) is 8.42 Å². The van der Waals surface area contributed by atoms with Gasteiger partial charge in [0.25, 0.3) is 0 Å². The van der Waals surface area contributed by atoms with Gasteiger partial charge < -0.3 is 0 Å². The first-order chi connectivity index (χ1) is 6.81. The maximum atomic E-state index is 11.8. The quantitative estimate of drug-likeness (QED) is 0.773. The van der Waals surface area contributed by atoms with Gasteiger partial charge in [0.15, 0.2) is 9.84 Å². The number of rotatable bonds is 2. The van der Waals surface area contributed by atoms with Gasteiger partial charge in [0.1, 0.15) is 0 Å². The molecule has 0 N–H and O–H groups in total. The molecule has 0 fully saturated rings. The fourth-order valence-corrected chi connectivity index (χ4v) is 2.26. The summed E-state index contributed by atoms with van der Waals surface area (Å²) in [6.45, 7) is 5.89. The highest BCUT2D eigenvalue weighted by Gasteiger charge is 2.11. The minimum atomic E-state index is -3.27. The largest absolute Gasteiger partial charge is 0.219 e. The van der Waals surface area contributed by atoms with E-state index in [0.29, 0.717) is 4.90 Å². The summed E-state index contributed by atoms with van der Waals surface area (Å²) in [6.07, 6.45) is 1.70. The van der Waals surface area contributed by atoms with Gasteiger partial charge in [-0.05, 0) is 17.5 Å². The standard InChI is InChI=1S/C12H16O2S/c1-12(2,3)9-10-15(13,14)11-7-5-4-6-8-11/h4-10H,1-3H3. The van der Waals surface area contributed by atoms with E-state index in [1.54, 1.807) is 36.4 Å². The van der Waals surface area contributed by atoms with Crippen molar-refractivity contribution in [2.75, 3.05) is 0 Å². The average Bonchev–Trinajstić information content (AvgIpc) is 2.16. The Kier molecular flexibility index (Phi) is 3.35. The van der Waals surface area contributed by atoms with Crippen LogP contribution in [0.15, 0.2) is 46.7 Å². The Morgan fingerprint density at radius 2 is 1.60 bits per heavy atom. The molecule has 0 aliphatic heterocycles. The second kappa shape index (κ2) is 4.19. The van der Waals surface area contributed by atoms with Gasteiger partial charge in [0.2, 0.25) is 0 Å². The fourth-order valence-electron chi connectivity index (χ4n) is 0.982. The van der Waals surface area contributed by atoms with E-state index in [1.807, 2.05) is 20.8 Å². The average molecular weight is 224 g/mol. The van der Waals surface area contributed by atoms with E-state index in [0.717, 1.165) is 0 Å². The molecule has 1 aromatic carbocycles. The van der Waals surface area contributed by atoms with E-state index in [-0.39, 0.29) is 5.41 Å². The lowest BCUT2D eigenvalue weighted by Crippen LogP contribution is -2.02. The van der Waals surface area contributed by atoms with Gasteiger partial charge in [-0.2, -0.15) is 0 Å². The minimum absolute atomic E-state index is 0.123. The number of allylic oxidation sites excluding steroid dienone is 1. The van der Waals surface area contributed by atoms with E-state index < -0.39 is 9.84 Å². The molecule has 0 aromatic heterocycles. The maximum Gasteiger partial charge on any atom is 0.199 e. The molecule has 0 saturated carbocycles. The van der Waals surface area contributed by atoms with Gasteiger partial charge in [0, 0.05) is 5.41 Å². The van der Waals surface area contributed by atoms with Crippen LogP contribution < -0.4 is 0 Å².